The minimum absolute atomic E-state index is 0.0438. The number of ether oxygens (including phenoxy) is 1. The summed E-state index contributed by atoms with van der Waals surface area (Å²) in [6, 6.07) is 24.7. The van der Waals surface area contributed by atoms with Gasteiger partial charge >= 0.3 is 6.03 Å². The van der Waals surface area contributed by atoms with Crippen molar-refractivity contribution < 1.29 is 19.1 Å². The molecule has 0 unspecified atom stereocenters. The molecule has 2 aliphatic heterocycles. The van der Waals surface area contributed by atoms with Crippen molar-refractivity contribution in [3.8, 4) is 5.75 Å². The molecule has 0 atom stereocenters. The van der Waals surface area contributed by atoms with Gasteiger partial charge in [0.1, 0.15) is 17.8 Å². The van der Waals surface area contributed by atoms with Gasteiger partial charge in [0.15, 0.2) is 0 Å². The normalized spacial score (nSPS) is 16.1. The topological polar surface area (TPSA) is 94.2 Å². The van der Waals surface area contributed by atoms with E-state index < -0.39 is 5.54 Å². The van der Waals surface area contributed by atoms with Crippen molar-refractivity contribution in [3.63, 3.8) is 0 Å². The van der Waals surface area contributed by atoms with Crippen molar-refractivity contribution in [2.45, 2.75) is 38.6 Å². The van der Waals surface area contributed by atoms with Gasteiger partial charge in [0.05, 0.1) is 19.0 Å². The van der Waals surface area contributed by atoms with Crippen molar-refractivity contribution >= 4 is 34.9 Å². The van der Waals surface area contributed by atoms with Crippen LogP contribution < -0.4 is 20.3 Å². The molecule has 0 saturated carbocycles. The lowest BCUT2D eigenvalue weighted by Crippen LogP contribution is -2.58. The Hall–Kier alpha value is -4.53. The maximum atomic E-state index is 14.0. The van der Waals surface area contributed by atoms with Crippen LogP contribution in [0.4, 0.5) is 21.9 Å². The Morgan fingerprint density at radius 1 is 0.878 bits per heavy atom. The van der Waals surface area contributed by atoms with Gasteiger partial charge in [-0.3, -0.25) is 9.59 Å². The Kier molecular flexibility index (Phi) is 8.42. The molecule has 0 aliphatic carbocycles. The van der Waals surface area contributed by atoms with Gasteiger partial charge in [0.25, 0.3) is 5.91 Å². The molecule has 3 aromatic carbocycles. The number of para-hydroxylation sites is 3. The number of hydrogen-bond donors (Lipinski definition) is 2. The second-order valence-corrected chi connectivity index (χ2v) is 10.4. The molecule has 2 fully saturated rings. The van der Waals surface area contributed by atoms with Crippen LogP contribution >= 0.6 is 0 Å². The fourth-order valence-corrected chi connectivity index (χ4v) is 5.65. The van der Waals surface area contributed by atoms with E-state index >= 15 is 0 Å². The Morgan fingerprint density at radius 3 is 2.24 bits per heavy atom. The molecule has 4 amide bonds. The lowest BCUT2D eigenvalue weighted by molar-refractivity contribution is -0.136. The number of nitrogens with zero attached hydrogens (tertiary/aromatic N) is 3. The predicted octanol–water partition coefficient (Wildman–Crippen LogP) is 4.96. The minimum atomic E-state index is -0.829. The monoisotopic (exact) mass is 555 g/mol. The quantitative estimate of drug-likeness (QED) is 0.410. The number of piperidine rings is 1. The van der Waals surface area contributed by atoms with Crippen LogP contribution in [0.2, 0.25) is 0 Å². The van der Waals surface area contributed by atoms with Gasteiger partial charge in [-0.15, -0.1) is 0 Å². The molecule has 2 saturated heterocycles. The van der Waals surface area contributed by atoms with E-state index in [-0.39, 0.29) is 24.4 Å². The van der Waals surface area contributed by atoms with Crippen LogP contribution in [-0.2, 0) is 16.0 Å². The number of nitrogens with one attached hydrogen (secondary N) is 2. The van der Waals surface area contributed by atoms with Crippen LogP contribution in [0.5, 0.6) is 5.75 Å². The SMILES string of the molecule is CCOc1ccccc1NC(=O)N1CCC2(CC1)C(=O)N(CC(=O)Nc1ccc(CC)cc1)CN2c1ccccc1. The average Bonchev–Trinajstić information content (AvgIpc) is 3.25. The number of carbonyl (C=O) groups excluding carboxylic acids is 3. The van der Waals surface area contributed by atoms with Crippen molar-refractivity contribution in [2.24, 2.45) is 0 Å². The van der Waals surface area contributed by atoms with Crippen LogP contribution in [0.25, 0.3) is 0 Å². The summed E-state index contributed by atoms with van der Waals surface area (Å²) in [5.41, 5.74) is 2.60. The zero-order chi connectivity index (χ0) is 28.8. The first-order valence-corrected chi connectivity index (χ1v) is 14.2. The van der Waals surface area contributed by atoms with Crippen LogP contribution in [0.1, 0.15) is 32.3 Å². The summed E-state index contributed by atoms with van der Waals surface area (Å²) in [6.07, 6.45) is 1.84. The number of anilines is 3. The third-order valence-electron chi connectivity index (χ3n) is 7.87. The summed E-state index contributed by atoms with van der Waals surface area (Å²) in [5, 5.41) is 5.89. The van der Waals surface area contributed by atoms with Crippen molar-refractivity contribution in [1.29, 1.82) is 0 Å². The number of hydrogen-bond acceptors (Lipinski definition) is 5. The molecule has 2 N–H and O–H groups in total. The molecule has 9 heteroatoms. The van der Waals surface area contributed by atoms with E-state index in [2.05, 4.69) is 22.5 Å². The van der Waals surface area contributed by atoms with Crippen molar-refractivity contribution in [3.05, 3.63) is 84.4 Å². The van der Waals surface area contributed by atoms with E-state index in [9.17, 15) is 14.4 Å². The largest absolute Gasteiger partial charge is 0.492 e. The molecule has 3 aromatic rings. The molecule has 0 bridgehead atoms. The van der Waals surface area contributed by atoms with E-state index in [1.54, 1.807) is 9.80 Å². The molecule has 41 heavy (non-hydrogen) atoms. The molecule has 1 spiro atoms. The predicted molar refractivity (Wildman–Crippen MR) is 160 cm³/mol. The van der Waals surface area contributed by atoms with Crippen LogP contribution in [0.15, 0.2) is 78.9 Å². The van der Waals surface area contributed by atoms with E-state index in [0.29, 0.717) is 56.3 Å². The number of likely N-dealkylation sites (tertiary alicyclic amines) is 1. The van der Waals surface area contributed by atoms with E-state index in [1.165, 1.54) is 5.56 Å². The molecular weight excluding hydrogens is 518 g/mol. The summed E-state index contributed by atoms with van der Waals surface area (Å²) >= 11 is 0. The molecule has 5 rings (SSSR count). The standard InChI is InChI=1S/C32H37N5O4/c1-3-24-14-16-25(17-15-24)33-29(38)22-36-23-37(26-10-6-5-7-11-26)32(30(36)39)18-20-35(21-19-32)31(40)34-27-12-8-9-13-28(27)41-4-2/h5-17H,3-4,18-23H2,1-2H3,(H,33,38)(H,34,40). The third kappa shape index (κ3) is 5.99. The van der Waals surface area contributed by atoms with E-state index in [0.717, 1.165) is 12.1 Å². The van der Waals surface area contributed by atoms with E-state index in [4.69, 9.17) is 4.74 Å². The highest BCUT2D eigenvalue weighted by atomic mass is 16.5. The Bertz CT molecular complexity index is 1370. The summed E-state index contributed by atoms with van der Waals surface area (Å²) in [5.74, 6) is 0.297. The number of rotatable bonds is 8. The van der Waals surface area contributed by atoms with Gasteiger partial charge in [0, 0.05) is 24.5 Å². The Labute approximate surface area is 241 Å². The van der Waals surface area contributed by atoms with E-state index in [1.807, 2.05) is 85.8 Å². The number of carbonyl (C=O) groups is 3. The first-order chi connectivity index (χ1) is 19.9. The Morgan fingerprint density at radius 2 is 1.56 bits per heavy atom. The molecule has 9 nitrogen and oxygen atoms in total. The number of benzene rings is 3. The minimum Gasteiger partial charge on any atom is -0.492 e. The van der Waals surface area contributed by atoms with Crippen molar-refractivity contribution in [2.75, 3.05) is 48.4 Å². The second kappa shape index (κ2) is 12.3. The Balaban J connectivity index is 1.29. The smallest absolute Gasteiger partial charge is 0.321 e. The highest BCUT2D eigenvalue weighted by molar-refractivity contribution is 5.99. The third-order valence-corrected chi connectivity index (χ3v) is 7.87. The zero-order valence-corrected chi connectivity index (χ0v) is 23.6. The molecular formula is C32H37N5O4. The molecule has 0 aromatic heterocycles. The molecule has 2 aliphatic rings. The first-order valence-electron chi connectivity index (χ1n) is 14.2. The van der Waals surface area contributed by atoms with Gasteiger partial charge in [-0.1, -0.05) is 49.4 Å². The summed E-state index contributed by atoms with van der Waals surface area (Å²) in [7, 11) is 0. The number of amides is 4. The van der Waals surface area contributed by atoms with Gasteiger partial charge in [-0.2, -0.15) is 0 Å². The molecule has 2 heterocycles. The van der Waals surface area contributed by atoms with Crippen LogP contribution in [0.3, 0.4) is 0 Å². The van der Waals surface area contributed by atoms with Gasteiger partial charge in [-0.05, 0) is 68.1 Å². The maximum absolute atomic E-state index is 14.0. The highest BCUT2D eigenvalue weighted by Gasteiger charge is 2.54. The van der Waals surface area contributed by atoms with Crippen LogP contribution in [-0.4, -0.2) is 66.1 Å². The lowest BCUT2D eigenvalue weighted by atomic mass is 9.85. The molecule has 214 valence electrons. The summed E-state index contributed by atoms with van der Waals surface area (Å²) in [4.78, 5) is 45.6. The average molecular weight is 556 g/mol. The second-order valence-electron chi connectivity index (χ2n) is 10.4. The fraction of sp³-hybridized carbons (Fsp3) is 0.344. The zero-order valence-electron chi connectivity index (χ0n) is 23.6. The van der Waals surface area contributed by atoms with Crippen molar-refractivity contribution in [1.82, 2.24) is 9.80 Å². The number of urea groups is 1. The number of aryl methyl sites for hydroxylation is 1. The summed E-state index contributed by atoms with van der Waals surface area (Å²) in [6.45, 7) is 5.55. The van der Waals surface area contributed by atoms with Gasteiger partial charge in [0.2, 0.25) is 5.91 Å². The highest BCUT2D eigenvalue weighted by Crippen LogP contribution is 2.39. The summed E-state index contributed by atoms with van der Waals surface area (Å²) < 4.78 is 5.65. The van der Waals surface area contributed by atoms with Crippen LogP contribution in [0, 0.1) is 0 Å². The maximum Gasteiger partial charge on any atom is 0.321 e. The molecule has 0 radical (unpaired) electrons. The van der Waals surface area contributed by atoms with Gasteiger partial charge in [-0.25, -0.2) is 4.79 Å². The lowest BCUT2D eigenvalue weighted by Gasteiger charge is -2.43. The first kappa shape index (κ1) is 28.0. The fourth-order valence-electron chi connectivity index (χ4n) is 5.65. The van der Waals surface area contributed by atoms with Gasteiger partial charge < -0.3 is 30.1 Å².